The molecule has 0 aliphatic carbocycles. The van der Waals surface area contributed by atoms with Gasteiger partial charge < -0.3 is 37.6 Å². The van der Waals surface area contributed by atoms with Crippen molar-refractivity contribution in [3.8, 4) is 0 Å². The highest BCUT2D eigenvalue weighted by molar-refractivity contribution is 6.05. The summed E-state index contributed by atoms with van der Waals surface area (Å²) in [5.74, 6) is -5.05. The van der Waals surface area contributed by atoms with E-state index in [0.717, 1.165) is 6.07 Å². The maximum Gasteiger partial charge on any atom is 0.336 e. The largest absolute Gasteiger partial charge is 0.480 e. The predicted octanol–water partition coefficient (Wildman–Crippen LogP) is 1.74. The molecule has 16 heteroatoms. The van der Waals surface area contributed by atoms with Gasteiger partial charge in [-0.05, 0) is 50.1 Å². The zero-order valence-corrected chi connectivity index (χ0v) is 23.3. The Balaban J connectivity index is 1.31. The maximum atomic E-state index is 14.8. The van der Waals surface area contributed by atoms with E-state index in [1.54, 1.807) is 13.0 Å². The third kappa shape index (κ3) is 7.47. The summed E-state index contributed by atoms with van der Waals surface area (Å²) in [6.45, 7) is 1.83. The molecule has 0 fully saturated rings. The number of nitrogen functional groups attached to an aromatic ring is 2. The van der Waals surface area contributed by atoms with E-state index in [1.165, 1.54) is 30.5 Å². The van der Waals surface area contributed by atoms with Gasteiger partial charge in [-0.25, -0.2) is 23.9 Å². The highest BCUT2D eigenvalue weighted by Gasteiger charge is 2.23. The molecule has 0 aliphatic heterocycles. The molecule has 2 aromatic carbocycles. The number of carbonyl (C=O) groups is 4. The summed E-state index contributed by atoms with van der Waals surface area (Å²) in [6.07, 6.45) is 1.48. The summed E-state index contributed by atoms with van der Waals surface area (Å²) in [5, 5.41) is 26.7. The van der Waals surface area contributed by atoms with Crippen molar-refractivity contribution in [3.63, 3.8) is 0 Å². The first kappa shape index (κ1) is 31.0. The number of benzene rings is 2. The van der Waals surface area contributed by atoms with Gasteiger partial charge >= 0.3 is 11.9 Å². The molecule has 228 valence electrons. The van der Waals surface area contributed by atoms with Gasteiger partial charge in [0.2, 0.25) is 5.95 Å². The molecule has 0 spiro atoms. The van der Waals surface area contributed by atoms with Gasteiger partial charge in [-0.2, -0.15) is 9.97 Å². The Labute approximate surface area is 248 Å². The van der Waals surface area contributed by atoms with Crippen molar-refractivity contribution >= 4 is 52.4 Å². The molecule has 0 bridgehead atoms. The van der Waals surface area contributed by atoms with Crippen LogP contribution in [0.1, 0.15) is 55.2 Å². The van der Waals surface area contributed by atoms with Crippen molar-refractivity contribution in [2.24, 2.45) is 0 Å². The molecule has 0 unspecified atom stereocenters. The number of halogens is 1. The Bertz CT molecular complexity index is 1770. The maximum absolute atomic E-state index is 14.8. The van der Waals surface area contributed by atoms with Gasteiger partial charge in [0.15, 0.2) is 17.0 Å². The third-order valence-electron chi connectivity index (χ3n) is 6.40. The predicted molar refractivity (Wildman–Crippen MR) is 156 cm³/mol. The molecule has 44 heavy (non-hydrogen) atoms. The van der Waals surface area contributed by atoms with E-state index in [1.807, 2.05) is 0 Å². The summed E-state index contributed by atoms with van der Waals surface area (Å²) in [4.78, 5) is 64.6. The second-order valence-electron chi connectivity index (χ2n) is 9.67. The Morgan fingerprint density at radius 1 is 0.955 bits per heavy atom. The SMILES string of the molecule is Cc1ccc(C(=O)NCCC[C@H](NC(=O)c2ccc(NCc3cnc4nc(N)nc(N)c4n3)cc2F)C(=O)O)c(C(=O)O)c1. The Morgan fingerprint density at radius 3 is 2.41 bits per heavy atom. The first-order valence-electron chi connectivity index (χ1n) is 13.2. The number of nitrogens with zero attached hydrogens (tertiary/aromatic N) is 4. The second-order valence-corrected chi connectivity index (χ2v) is 9.67. The van der Waals surface area contributed by atoms with Gasteiger partial charge in [0.1, 0.15) is 11.9 Å². The quantitative estimate of drug-likeness (QED) is 0.114. The lowest BCUT2D eigenvalue weighted by molar-refractivity contribution is -0.139. The van der Waals surface area contributed by atoms with E-state index in [9.17, 15) is 33.8 Å². The molecule has 0 aliphatic rings. The number of hydrogen-bond acceptors (Lipinski definition) is 11. The van der Waals surface area contributed by atoms with Crippen LogP contribution < -0.4 is 27.4 Å². The summed E-state index contributed by atoms with van der Waals surface area (Å²) in [5.41, 5.74) is 12.7. The van der Waals surface area contributed by atoms with Gasteiger partial charge in [0, 0.05) is 12.2 Å². The number of carbonyl (C=O) groups excluding carboxylic acids is 2. The number of aromatic carboxylic acids is 1. The minimum absolute atomic E-state index is 0.00933. The number of amides is 2. The molecular formula is C28H28FN9O6. The lowest BCUT2D eigenvalue weighted by atomic mass is 10.0. The highest BCUT2D eigenvalue weighted by Crippen LogP contribution is 2.18. The summed E-state index contributed by atoms with van der Waals surface area (Å²) in [7, 11) is 0. The zero-order valence-electron chi connectivity index (χ0n) is 23.3. The van der Waals surface area contributed by atoms with Crippen LogP contribution >= 0.6 is 0 Å². The fourth-order valence-corrected chi connectivity index (χ4v) is 4.20. The average Bonchev–Trinajstić information content (AvgIpc) is 2.97. The van der Waals surface area contributed by atoms with Crippen LogP contribution in [0.15, 0.2) is 42.6 Å². The number of hydrogen-bond donors (Lipinski definition) is 7. The summed E-state index contributed by atoms with van der Waals surface area (Å²) >= 11 is 0. The van der Waals surface area contributed by atoms with E-state index in [4.69, 9.17) is 11.5 Å². The topological polar surface area (TPSA) is 248 Å². The molecule has 2 amide bonds. The van der Waals surface area contributed by atoms with Crippen molar-refractivity contribution in [2.75, 3.05) is 23.3 Å². The van der Waals surface area contributed by atoms with Crippen LogP contribution in [0.2, 0.25) is 0 Å². The van der Waals surface area contributed by atoms with Gasteiger partial charge in [0.25, 0.3) is 11.8 Å². The van der Waals surface area contributed by atoms with Crippen LogP contribution in [0.5, 0.6) is 0 Å². The Morgan fingerprint density at radius 2 is 1.70 bits per heavy atom. The number of nitrogens with one attached hydrogen (secondary N) is 3. The fraction of sp³-hybridized carbons (Fsp3) is 0.214. The monoisotopic (exact) mass is 605 g/mol. The van der Waals surface area contributed by atoms with Crippen molar-refractivity contribution in [3.05, 3.63) is 76.4 Å². The lowest BCUT2D eigenvalue weighted by Crippen LogP contribution is -2.41. The van der Waals surface area contributed by atoms with Crippen molar-refractivity contribution < 1.29 is 33.8 Å². The molecule has 0 radical (unpaired) electrons. The van der Waals surface area contributed by atoms with Crippen molar-refractivity contribution in [1.29, 1.82) is 0 Å². The number of aryl methyl sites for hydroxylation is 1. The number of rotatable bonds is 12. The fourth-order valence-electron chi connectivity index (χ4n) is 4.20. The van der Waals surface area contributed by atoms with E-state index >= 15 is 0 Å². The average molecular weight is 606 g/mol. The Hall–Kier alpha value is -5.93. The molecule has 0 saturated heterocycles. The molecule has 15 nitrogen and oxygen atoms in total. The van der Waals surface area contributed by atoms with E-state index in [-0.39, 0.29) is 65.6 Å². The van der Waals surface area contributed by atoms with E-state index in [2.05, 4.69) is 35.9 Å². The standard InChI is InChI=1S/C28H28FN9O6/c1-13-4-6-16(18(9-13)26(41)42)24(39)32-8-2-3-20(27(43)44)36-25(40)17-7-5-14(10-19(17)29)33-11-15-12-34-23-21(35-15)22(30)37-28(31)38-23/h4-7,9-10,12,20,33H,2-3,8,11H2,1H3,(H,32,39)(H,36,40)(H,41,42)(H,43,44)(H4,30,31,34,37,38)/t20-/m0/s1. The van der Waals surface area contributed by atoms with Gasteiger partial charge in [-0.3, -0.25) is 9.59 Å². The number of carboxylic acids is 2. The minimum atomic E-state index is -1.37. The molecular weight excluding hydrogens is 577 g/mol. The van der Waals surface area contributed by atoms with Crippen molar-refractivity contribution in [1.82, 2.24) is 30.6 Å². The number of nitrogens with two attached hydrogens (primary N) is 2. The number of aromatic nitrogens is 4. The molecule has 2 aromatic heterocycles. The van der Waals surface area contributed by atoms with Gasteiger partial charge in [-0.15, -0.1) is 0 Å². The molecule has 9 N–H and O–H groups in total. The second kappa shape index (κ2) is 13.4. The van der Waals surface area contributed by atoms with Gasteiger partial charge in [-0.1, -0.05) is 11.6 Å². The van der Waals surface area contributed by atoms with Crippen molar-refractivity contribution in [2.45, 2.75) is 32.4 Å². The van der Waals surface area contributed by atoms with Gasteiger partial charge in [0.05, 0.1) is 35.1 Å². The number of fused-ring (bicyclic) bond motifs is 1. The molecule has 4 rings (SSSR count). The van der Waals surface area contributed by atoms with Crippen LogP contribution in [0, 0.1) is 12.7 Å². The van der Waals surface area contributed by atoms with Crippen LogP contribution in [0.3, 0.4) is 0 Å². The number of anilines is 3. The van der Waals surface area contributed by atoms with Crippen LogP contribution in [-0.2, 0) is 11.3 Å². The highest BCUT2D eigenvalue weighted by atomic mass is 19.1. The molecule has 1 atom stereocenters. The van der Waals surface area contributed by atoms with E-state index in [0.29, 0.717) is 16.9 Å². The Kier molecular flexibility index (Phi) is 9.42. The molecule has 4 aromatic rings. The molecule has 0 saturated carbocycles. The van der Waals surface area contributed by atoms with Crippen LogP contribution in [0.25, 0.3) is 11.2 Å². The zero-order chi connectivity index (χ0) is 32.0. The minimum Gasteiger partial charge on any atom is -0.480 e. The first-order valence-corrected chi connectivity index (χ1v) is 13.2. The molecule has 2 heterocycles. The first-order chi connectivity index (χ1) is 20.9. The normalized spacial score (nSPS) is 11.5. The summed E-state index contributed by atoms with van der Waals surface area (Å²) in [6, 6.07) is 6.71. The number of aliphatic carboxylic acids is 1. The number of carboxylic acid groups (broad SMARTS) is 2. The lowest BCUT2D eigenvalue weighted by Gasteiger charge is -2.16. The van der Waals surface area contributed by atoms with Crippen LogP contribution in [-0.4, -0.2) is 66.5 Å². The van der Waals surface area contributed by atoms with Crippen LogP contribution in [0.4, 0.5) is 21.8 Å². The third-order valence-corrected chi connectivity index (χ3v) is 6.40. The van der Waals surface area contributed by atoms with E-state index < -0.39 is 35.6 Å². The summed E-state index contributed by atoms with van der Waals surface area (Å²) < 4.78 is 14.8. The smallest absolute Gasteiger partial charge is 0.336 e.